The lowest BCUT2D eigenvalue weighted by atomic mass is 10.1. The molecule has 0 aliphatic heterocycles. The summed E-state index contributed by atoms with van der Waals surface area (Å²) < 4.78 is 5.38. The number of anilines is 1. The van der Waals surface area contributed by atoms with Gasteiger partial charge >= 0.3 is 0 Å². The van der Waals surface area contributed by atoms with Crippen LogP contribution >= 0.6 is 0 Å². The van der Waals surface area contributed by atoms with E-state index in [2.05, 4.69) is 15.6 Å². The fourth-order valence-electron chi connectivity index (χ4n) is 3.00. The number of methoxy groups -OCH3 is 1. The molecule has 2 aromatic carbocycles. The summed E-state index contributed by atoms with van der Waals surface area (Å²) in [5, 5.41) is 6.28. The molecule has 5 heteroatoms. The minimum absolute atomic E-state index is 0.135. The monoisotopic (exact) mass is 375 g/mol. The van der Waals surface area contributed by atoms with Gasteiger partial charge in [0.05, 0.1) is 18.4 Å². The van der Waals surface area contributed by atoms with Crippen molar-refractivity contribution in [1.29, 1.82) is 0 Å². The molecule has 0 saturated carbocycles. The van der Waals surface area contributed by atoms with Crippen LogP contribution in [0.3, 0.4) is 0 Å². The van der Waals surface area contributed by atoms with Crippen LogP contribution in [0.15, 0.2) is 67.0 Å². The summed E-state index contributed by atoms with van der Waals surface area (Å²) in [7, 11) is 1.68. The Labute approximate surface area is 165 Å². The zero-order chi connectivity index (χ0) is 19.8. The average molecular weight is 375 g/mol. The van der Waals surface area contributed by atoms with E-state index < -0.39 is 0 Å². The van der Waals surface area contributed by atoms with Crippen molar-refractivity contribution in [3.05, 3.63) is 89.2 Å². The molecular weight excluding hydrogens is 350 g/mol. The third-order valence-electron chi connectivity index (χ3n) is 4.62. The normalized spacial score (nSPS) is 10.4. The van der Waals surface area contributed by atoms with E-state index in [9.17, 15) is 4.79 Å². The van der Waals surface area contributed by atoms with E-state index >= 15 is 0 Å². The Hall–Kier alpha value is -3.34. The molecule has 0 aliphatic carbocycles. The lowest BCUT2D eigenvalue weighted by Gasteiger charge is -2.11. The van der Waals surface area contributed by atoms with Crippen LogP contribution in [0.2, 0.25) is 0 Å². The van der Waals surface area contributed by atoms with Gasteiger partial charge < -0.3 is 15.4 Å². The maximum atomic E-state index is 12.5. The molecule has 5 nitrogen and oxygen atoms in total. The Morgan fingerprint density at radius 3 is 2.57 bits per heavy atom. The number of amides is 1. The lowest BCUT2D eigenvalue weighted by molar-refractivity contribution is 0.0950. The zero-order valence-corrected chi connectivity index (χ0v) is 16.2. The Morgan fingerprint density at radius 2 is 1.79 bits per heavy atom. The van der Waals surface area contributed by atoms with Crippen molar-refractivity contribution in [2.24, 2.45) is 0 Å². The van der Waals surface area contributed by atoms with Crippen LogP contribution in [0.5, 0.6) is 5.75 Å². The fraction of sp³-hybridized carbons (Fsp3) is 0.217. The Morgan fingerprint density at radius 1 is 1.04 bits per heavy atom. The van der Waals surface area contributed by atoms with Gasteiger partial charge in [0, 0.05) is 25.5 Å². The summed E-state index contributed by atoms with van der Waals surface area (Å²) in [4.78, 5) is 16.7. The molecule has 0 spiro atoms. The first-order valence-corrected chi connectivity index (χ1v) is 9.31. The highest BCUT2D eigenvalue weighted by atomic mass is 16.5. The number of hydrogen-bond donors (Lipinski definition) is 2. The quantitative estimate of drug-likeness (QED) is 0.625. The molecule has 0 atom stereocenters. The maximum Gasteiger partial charge on any atom is 0.253 e. The van der Waals surface area contributed by atoms with Gasteiger partial charge in [-0.3, -0.25) is 9.78 Å². The Bertz CT molecular complexity index is 940. The zero-order valence-electron chi connectivity index (χ0n) is 16.2. The highest BCUT2D eigenvalue weighted by molar-refractivity contribution is 5.94. The number of carbonyl (C=O) groups is 1. The lowest BCUT2D eigenvalue weighted by Crippen LogP contribution is -2.23. The Balaban J connectivity index is 1.56. The molecule has 0 saturated heterocycles. The number of hydrogen-bond acceptors (Lipinski definition) is 4. The summed E-state index contributed by atoms with van der Waals surface area (Å²) in [6, 6.07) is 17.8. The standard InChI is InChI=1S/C23H25N3O2/c1-17-7-3-4-9-19(17)15-26-23(27)20-13-21(16-24-14-20)25-12-11-18-8-5-6-10-22(18)28-2/h3-10,13-14,16,25H,11-12,15H2,1-2H3,(H,26,27). The molecule has 0 unspecified atom stereocenters. The molecule has 2 N–H and O–H groups in total. The predicted molar refractivity (Wildman–Crippen MR) is 112 cm³/mol. The third kappa shape index (κ3) is 5.10. The van der Waals surface area contributed by atoms with Crippen LogP contribution in [0.4, 0.5) is 5.69 Å². The van der Waals surface area contributed by atoms with Crippen LogP contribution in [-0.4, -0.2) is 24.5 Å². The van der Waals surface area contributed by atoms with Crippen molar-refractivity contribution in [2.75, 3.05) is 19.0 Å². The van der Waals surface area contributed by atoms with E-state index in [0.29, 0.717) is 12.1 Å². The van der Waals surface area contributed by atoms with Crippen LogP contribution in [-0.2, 0) is 13.0 Å². The van der Waals surface area contributed by atoms with Gasteiger partial charge in [-0.2, -0.15) is 0 Å². The van der Waals surface area contributed by atoms with Crippen molar-refractivity contribution < 1.29 is 9.53 Å². The number of rotatable bonds is 8. The van der Waals surface area contributed by atoms with Gasteiger partial charge in [0.25, 0.3) is 5.91 Å². The molecule has 144 valence electrons. The average Bonchev–Trinajstić information content (AvgIpc) is 2.73. The number of benzene rings is 2. The second kappa shape index (κ2) is 9.55. The van der Waals surface area contributed by atoms with E-state index in [-0.39, 0.29) is 5.91 Å². The molecular formula is C23H25N3O2. The number of para-hydroxylation sites is 1. The highest BCUT2D eigenvalue weighted by Crippen LogP contribution is 2.18. The molecule has 0 fully saturated rings. The topological polar surface area (TPSA) is 63.2 Å². The predicted octanol–water partition coefficient (Wildman–Crippen LogP) is 3.98. The van der Waals surface area contributed by atoms with E-state index in [0.717, 1.165) is 41.1 Å². The van der Waals surface area contributed by atoms with Crippen LogP contribution in [0, 0.1) is 6.92 Å². The van der Waals surface area contributed by atoms with Crippen molar-refractivity contribution in [3.8, 4) is 5.75 Å². The van der Waals surface area contributed by atoms with E-state index in [4.69, 9.17) is 4.74 Å². The number of aryl methyl sites for hydroxylation is 1. The van der Waals surface area contributed by atoms with Crippen molar-refractivity contribution >= 4 is 11.6 Å². The number of ether oxygens (including phenoxy) is 1. The number of nitrogens with one attached hydrogen (secondary N) is 2. The molecule has 1 amide bonds. The SMILES string of the molecule is COc1ccccc1CCNc1cncc(C(=O)NCc2ccccc2C)c1. The van der Waals surface area contributed by atoms with E-state index in [1.165, 1.54) is 0 Å². The highest BCUT2D eigenvalue weighted by Gasteiger charge is 2.08. The fourth-order valence-corrected chi connectivity index (χ4v) is 3.00. The minimum atomic E-state index is -0.135. The molecule has 3 aromatic rings. The summed E-state index contributed by atoms with van der Waals surface area (Å²) in [5.74, 6) is 0.746. The summed E-state index contributed by atoms with van der Waals surface area (Å²) >= 11 is 0. The van der Waals surface area contributed by atoms with Gasteiger partial charge in [-0.1, -0.05) is 42.5 Å². The summed E-state index contributed by atoms with van der Waals surface area (Å²) in [5.41, 5.74) is 4.76. The number of pyridine rings is 1. The maximum absolute atomic E-state index is 12.5. The second-order valence-corrected chi connectivity index (χ2v) is 6.56. The van der Waals surface area contributed by atoms with Gasteiger partial charge in [-0.05, 0) is 42.2 Å². The van der Waals surface area contributed by atoms with Crippen molar-refractivity contribution in [2.45, 2.75) is 19.9 Å². The van der Waals surface area contributed by atoms with Crippen molar-refractivity contribution in [3.63, 3.8) is 0 Å². The van der Waals surface area contributed by atoms with Gasteiger partial charge in [0.1, 0.15) is 5.75 Å². The second-order valence-electron chi connectivity index (χ2n) is 6.56. The van der Waals surface area contributed by atoms with Crippen LogP contribution in [0.25, 0.3) is 0 Å². The largest absolute Gasteiger partial charge is 0.496 e. The molecule has 0 bridgehead atoms. The van der Waals surface area contributed by atoms with Crippen LogP contribution < -0.4 is 15.4 Å². The smallest absolute Gasteiger partial charge is 0.253 e. The first-order chi connectivity index (χ1) is 13.7. The third-order valence-corrected chi connectivity index (χ3v) is 4.62. The molecule has 0 radical (unpaired) electrons. The molecule has 1 heterocycles. The molecule has 1 aromatic heterocycles. The Kier molecular flexibility index (Phi) is 6.63. The molecule has 3 rings (SSSR count). The van der Waals surface area contributed by atoms with E-state index in [1.807, 2.05) is 61.5 Å². The first-order valence-electron chi connectivity index (χ1n) is 9.31. The minimum Gasteiger partial charge on any atom is -0.496 e. The number of aromatic nitrogens is 1. The number of nitrogens with zero attached hydrogens (tertiary/aromatic N) is 1. The summed E-state index contributed by atoms with van der Waals surface area (Å²) in [6.07, 6.45) is 4.12. The van der Waals surface area contributed by atoms with Gasteiger partial charge in [0.2, 0.25) is 0 Å². The van der Waals surface area contributed by atoms with Crippen LogP contribution in [0.1, 0.15) is 27.0 Å². The molecule has 0 aliphatic rings. The summed E-state index contributed by atoms with van der Waals surface area (Å²) in [6.45, 7) is 3.25. The first kappa shape index (κ1) is 19.4. The van der Waals surface area contributed by atoms with Gasteiger partial charge in [0.15, 0.2) is 0 Å². The molecule has 28 heavy (non-hydrogen) atoms. The van der Waals surface area contributed by atoms with E-state index in [1.54, 1.807) is 19.5 Å². The van der Waals surface area contributed by atoms with Crippen molar-refractivity contribution in [1.82, 2.24) is 10.3 Å². The number of carbonyl (C=O) groups excluding carboxylic acids is 1. The van der Waals surface area contributed by atoms with Gasteiger partial charge in [-0.15, -0.1) is 0 Å². The van der Waals surface area contributed by atoms with Gasteiger partial charge in [-0.25, -0.2) is 0 Å².